The number of anilines is 1. The van der Waals surface area contributed by atoms with Crippen molar-refractivity contribution in [3.63, 3.8) is 0 Å². The van der Waals surface area contributed by atoms with Crippen molar-refractivity contribution >= 4 is 17.6 Å². The molecule has 0 radical (unpaired) electrons. The quantitative estimate of drug-likeness (QED) is 0.480. The molecule has 9 heteroatoms. The zero-order valence-electron chi connectivity index (χ0n) is 13.0. The second-order valence-electron chi connectivity index (χ2n) is 5.53. The average molecular weight is 341 g/mol. The summed E-state index contributed by atoms with van der Waals surface area (Å²) in [5.41, 5.74) is 1.13. The number of aliphatic carboxylic acids is 1. The number of benzene rings is 1. The molecule has 1 fully saturated rings. The van der Waals surface area contributed by atoms with Crippen molar-refractivity contribution < 1.29 is 39.5 Å². The van der Waals surface area contributed by atoms with Crippen LogP contribution in [0.15, 0.2) is 18.2 Å². The van der Waals surface area contributed by atoms with E-state index < -0.39 is 36.7 Å². The van der Waals surface area contributed by atoms with E-state index in [9.17, 15) is 24.9 Å². The van der Waals surface area contributed by atoms with Gasteiger partial charge in [0.2, 0.25) is 12.2 Å². The van der Waals surface area contributed by atoms with Gasteiger partial charge in [-0.2, -0.15) is 0 Å². The summed E-state index contributed by atoms with van der Waals surface area (Å²) in [6.45, 7) is 3.10. The summed E-state index contributed by atoms with van der Waals surface area (Å²) in [4.78, 5) is 22.4. The number of carbonyl (C=O) groups excluding carboxylic acids is 1. The van der Waals surface area contributed by atoms with Crippen LogP contribution >= 0.6 is 0 Å². The maximum atomic E-state index is 11.3. The molecule has 0 spiro atoms. The molecule has 1 saturated heterocycles. The van der Waals surface area contributed by atoms with Crippen LogP contribution in [0.25, 0.3) is 0 Å². The van der Waals surface area contributed by atoms with Gasteiger partial charge in [-0.15, -0.1) is 0 Å². The fourth-order valence-electron chi connectivity index (χ4n) is 2.31. The van der Waals surface area contributed by atoms with E-state index in [1.807, 2.05) is 0 Å². The molecule has 5 atom stereocenters. The number of nitrogens with one attached hydrogen (secondary N) is 1. The third kappa shape index (κ3) is 3.82. The maximum absolute atomic E-state index is 11.3. The van der Waals surface area contributed by atoms with Crippen molar-refractivity contribution in [3.05, 3.63) is 23.8 Å². The monoisotopic (exact) mass is 341 g/mol. The van der Waals surface area contributed by atoms with Crippen molar-refractivity contribution in [1.29, 1.82) is 0 Å². The van der Waals surface area contributed by atoms with Gasteiger partial charge in [0.15, 0.2) is 6.10 Å². The predicted octanol–water partition coefficient (Wildman–Crippen LogP) is -0.776. The van der Waals surface area contributed by atoms with Gasteiger partial charge >= 0.3 is 5.97 Å². The summed E-state index contributed by atoms with van der Waals surface area (Å²) in [6.07, 6.45) is -8.55. The van der Waals surface area contributed by atoms with Crippen LogP contribution < -0.4 is 10.1 Å². The zero-order valence-corrected chi connectivity index (χ0v) is 13.0. The molecule has 1 aliphatic heterocycles. The second kappa shape index (κ2) is 7.14. The van der Waals surface area contributed by atoms with E-state index in [4.69, 9.17) is 14.6 Å². The van der Waals surface area contributed by atoms with E-state index in [0.29, 0.717) is 5.69 Å². The highest BCUT2D eigenvalue weighted by molar-refractivity contribution is 5.90. The van der Waals surface area contributed by atoms with E-state index in [0.717, 1.165) is 5.56 Å². The molecule has 24 heavy (non-hydrogen) atoms. The van der Waals surface area contributed by atoms with Gasteiger partial charge in [-0.25, -0.2) is 4.79 Å². The van der Waals surface area contributed by atoms with E-state index >= 15 is 0 Å². The third-order valence-electron chi connectivity index (χ3n) is 3.50. The van der Waals surface area contributed by atoms with Crippen LogP contribution in [0.2, 0.25) is 0 Å². The molecule has 1 heterocycles. The topological polar surface area (TPSA) is 146 Å². The van der Waals surface area contributed by atoms with E-state index in [1.165, 1.54) is 13.0 Å². The van der Waals surface area contributed by atoms with Crippen LogP contribution in [0.3, 0.4) is 0 Å². The van der Waals surface area contributed by atoms with E-state index in [1.54, 1.807) is 19.1 Å². The summed E-state index contributed by atoms with van der Waals surface area (Å²) in [6, 6.07) is 4.80. The van der Waals surface area contributed by atoms with Crippen LogP contribution in [-0.4, -0.2) is 63.0 Å². The molecule has 5 unspecified atom stereocenters. The number of carbonyl (C=O) groups is 2. The molecule has 0 aromatic heterocycles. The molecule has 0 bridgehead atoms. The number of hydrogen-bond donors (Lipinski definition) is 5. The lowest BCUT2D eigenvalue weighted by Crippen LogP contribution is -2.61. The molecule has 0 saturated carbocycles. The third-order valence-corrected chi connectivity index (χ3v) is 3.50. The Morgan fingerprint density at radius 1 is 1.17 bits per heavy atom. The Morgan fingerprint density at radius 3 is 2.42 bits per heavy atom. The fourth-order valence-corrected chi connectivity index (χ4v) is 2.31. The minimum atomic E-state index is -1.80. The number of aliphatic hydroxyl groups excluding tert-OH is 3. The standard InChI is InChI=1S/C15H19NO8/c1-6-3-4-9(8(5-6)16-7(2)17)23-15-12(20)10(18)11(19)13(24-15)14(21)22/h3-5,10-13,15,18-20H,1-2H3,(H,16,17)(H,21,22). The second-order valence-corrected chi connectivity index (χ2v) is 5.53. The summed E-state index contributed by atoms with van der Waals surface area (Å²) in [7, 11) is 0. The van der Waals surface area contributed by atoms with Crippen LogP contribution in [0.4, 0.5) is 5.69 Å². The number of aliphatic hydroxyl groups is 3. The molecule has 5 N–H and O–H groups in total. The number of rotatable bonds is 4. The smallest absolute Gasteiger partial charge is 0.335 e. The molecule has 1 amide bonds. The van der Waals surface area contributed by atoms with Crippen molar-refractivity contribution in [3.8, 4) is 5.75 Å². The molecule has 0 aliphatic carbocycles. The first kappa shape index (κ1) is 18.1. The van der Waals surface area contributed by atoms with Gasteiger partial charge in [-0.1, -0.05) is 6.07 Å². The van der Waals surface area contributed by atoms with Gasteiger partial charge in [0.25, 0.3) is 0 Å². The van der Waals surface area contributed by atoms with Crippen LogP contribution in [0, 0.1) is 6.92 Å². The van der Waals surface area contributed by atoms with Crippen LogP contribution in [0.1, 0.15) is 12.5 Å². The molecule has 132 valence electrons. The van der Waals surface area contributed by atoms with E-state index in [-0.39, 0.29) is 11.7 Å². The lowest BCUT2D eigenvalue weighted by molar-refractivity contribution is -0.271. The Bertz CT molecular complexity index is 634. The predicted molar refractivity (Wildman–Crippen MR) is 80.4 cm³/mol. The minimum Gasteiger partial charge on any atom is -0.479 e. The van der Waals surface area contributed by atoms with Crippen LogP contribution in [-0.2, 0) is 14.3 Å². The highest BCUT2D eigenvalue weighted by Gasteiger charge is 2.48. The number of aryl methyl sites for hydroxylation is 1. The first-order valence-electron chi connectivity index (χ1n) is 7.18. The lowest BCUT2D eigenvalue weighted by Gasteiger charge is -2.38. The Balaban J connectivity index is 2.26. The van der Waals surface area contributed by atoms with Gasteiger partial charge in [0.05, 0.1) is 5.69 Å². The van der Waals surface area contributed by atoms with Gasteiger partial charge in [0, 0.05) is 6.92 Å². The van der Waals surface area contributed by atoms with Crippen molar-refractivity contribution in [2.45, 2.75) is 44.6 Å². The van der Waals surface area contributed by atoms with Crippen LogP contribution in [0.5, 0.6) is 5.75 Å². The zero-order chi connectivity index (χ0) is 18.0. The number of hydrogen-bond acceptors (Lipinski definition) is 7. The van der Waals surface area contributed by atoms with E-state index in [2.05, 4.69) is 5.32 Å². The Morgan fingerprint density at radius 2 is 1.83 bits per heavy atom. The normalized spacial score (nSPS) is 29.8. The van der Waals surface area contributed by atoms with Gasteiger partial charge in [0.1, 0.15) is 24.1 Å². The van der Waals surface area contributed by atoms with Crippen molar-refractivity contribution in [1.82, 2.24) is 0 Å². The molecular weight excluding hydrogens is 322 g/mol. The number of ether oxygens (including phenoxy) is 2. The number of amides is 1. The average Bonchev–Trinajstić information content (AvgIpc) is 2.49. The fraction of sp³-hybridized carbons (Fsp3) is 0.467. The molecule has 2 rings (SSSR count). The minimum absolute atomic E-state index is 0.118. The molecular formula is C15H19NO8. The Hall–Kier alpha value is -2.20. The first-order chi connectivity index (χ1) is 11.2. The number of carboxylic acid groups (broad SMARTS) is 1. The molecule has 1 aromatic carbocycles. The highest BCUT2D eigenvalue weighted by atomic mass is 16.7. The summed E-state index contributed by atoms with van der Waals surface area (Å²) >= 11 is 0. The molecule has 9 nitrogen and oxygen atoms in total. The highest BCUT2D eigenvalue weighted by Crippen LogP contribution is 2.30. The van der Waals surface area contributed by atoms with Gasteiger partial charge in [-0.3, -0.25) is 4.79 Å². The Labute approximate surface area is 137 Å². The summed E-state index contributed by atoms with van der Waals surface area (Å²) in [5.74, 6) is -1.74. The maximum Gasteiger partial charge on any atom is 0.335 e. The molecule has 1 aromatic rings. The lowest BCUT2D eigenvalue weighted by atomic mass is 9.99. The summed E-state index contributed by atoms with van der Waals surface area (Å²) in [5, 5.41) is 40.9. The largest absolute Gasteiger partial charge is 0.479 e. The van der Waals surface area contributed by atoms with Crippen molar-refractivity contribution in [2.75, 3.05) is 5.32 Å². The summed E-state index contributed by atoms with van der Waals surface area (Å²) < 4.78 is 10.5. The van der Waals surface area contributed by atoms with Gasteiger partial charge < -0.3 is 35.2 Å². The molecule has 1 aliphatic rings. The van der Waals surface area contributed by atoms with Gasteiger partial charge in [-0.05, 0) is 24.6 Å². The Kier molecular flexibility index (Phi) is 5.40. The SMILES string of the molecule is CC(=O)Nc1cc(C)ccc1OC1OC(C(=O)O)C(O)C(O)C1O. The first-order valence-corrected chi connectivity index (χ1v) is 7.18. The number of carboxylic acids is 1. The van der Waals surface area contributed by atoms with Crippen molar-refractivity contribution in [2.24, 2.45) is 0 Å².